The van der Waals surface area contributed by atoms with E-state index >= 15 is 0 Å². The summed E-state index contributed by atoms with van der Waals surface area (Å²) in [6.07, 6.45) is 6.89. The van der Waals surface area contributed by atoms with Gasteiger partial charge in [0, 0.05) is 12.3 Å². The number of hydrogen-bond donors (Lipinski definition) is 2. The van der Waals surface area contributed by atoms with Gasteiger partial charge in [-0.15, -0.1) is 6.42 Å². The van der Waals surface area contributed by atoms with E-state index in [2.05, 4.69) is 5.92 Å². The van der Waals surface area contributed by atoms with E-state index in [9.17, 15) is 24.1 Å². The van der Waals surface area contributed by atoms with Crippen molar-refractivity contribution in [1.29, 1.82) is 0 Å². The first-order chi connectivity index (χ1) is 16.1. The number of nitrogens with zero attached hydrogens (tertiary/aromatic N) is 1. The van der Waals surface area contributed by atoms with Crippen molar-refractivity contribution in [2.45, 2.75) is 69.2 Å². The zero-order valence-electron chi connectivity index (χ0n) is 18.6. The average Bonchev–Trinajstić information content (AvgIpc) is 3.40. The quantitative estimate of drug-likeness (QED) is 0.314. The van der Waals surface area contributed by atoms with Crippen LogP contribution in [0.2, 0.25) is 0 Å². The molecule has 34 heavy (non-hydrogen) atoms. The Hall–Kier alpha value is -2.26. The summed E-state index contributed by atoms with van der Waals surface area (Å²) in [6, 6.07) is 1.06. The third-order valence-corrected chi connectivity index (χ3v) is 7.66. The number of aromatic amines is 1. The SMILES string of the molecule is C#C[C@@]1(O)[C@@H]2OP(=O)(OCC[C@H](C)C(=O)OC3CCCC3)OC[C@H]2O[C@H]1n1ccc(=O)[nH]c1=O. The number of H-pyrrole nitrogens is 1. The van der Waals surface area contributed by atoms with E-state index in [0.717, 1.165) is 42.5 Å². The second-order valence-corrected chi connectivity index (χ2v) is 10.3. The van der Waals surface area contributed by atoms with Crippen molar-refractivity contribution in [1.82, 2.24) is 9.55 Å². The van der Waals surface area contributed by atoms with E-state index < -0.39 is 49.0 Å². The molecule has 2 saturated heterocycles. The number of phosphoric acid groups is 1. The molecule has 3 heterocycles. The fraction of sp³-hybridized carbons (Fsp3) is 0.667. The van der Waals surface area contributed by atoms with Gasteiger partial charge in [-0.1, -0.05) is 12.8 Å². The first-order valence-corrected chi connectivity index (χ1v) is 12.6. The predicted molar refractivity (Wildman–Crippen MR) is 116 cm³/mol. The van der Waals surface area contributed by atoms with Gasteiger partial charge in [0.05, 0.1) is 19.1 Å². The summed E-state index contributed by atoms with van der Waals surface area (Å²) >= 11 is 0. The van der Waals surface area contributed by atoms with Gasteiger partial charge < -0.3 is 14.6 Å². The maximum atomic E-state index is 13.0. The predicted octanol–water partition coefficient (Wildman–Crippen LogP) is 0.850. The number of terminal acetylenes is 1. The topological polar surface area (TPSA) is 155 Å². The van der Waals surface area contributed by atoms with Gasteiger partial charge in [0.15, 0.2) is 11.8 Å². The Morgan fingerprint density at radius 1 is 1.44 bits per heavy atom. The maximum Gasteiger partial charge on any atom is 0.475 e. The maximum absolute atomic E-state index is 13.0. The van der Waals surface area contributed by atoms with Gasteiger partial charge in [0.1, 0.15) is 18.3 Å². The van der Waals surface area contributed by atoms with Crippen LogP contribution in [0.25, 0.3) is 0 Å². The molecule has 1 aliphatic carbocycles. The lowest BCUT2D eigenvalue weighted by atomic mass is 9.95. The van der Waals surface area contributed by atoms with Gasteiger partial charge in [-0.05, 0) is 32.1 Å². The molecule has 6 atom stereocenters. The van der Waals surface area contributed by atoms with Crippen LogP contribution in [0.5, 0.6) is 0 Å². The summed E-state index contributed by atoms with van der Waals surface area (Å²) in [5, 5.41) is 11.1. The molecule has 12 nitrogen and oxygen atoms in total. The minimum Gasteiger partial charge on any atom is -0.462 e. The van der Waals surface area contributed by atoms with Crippen LogP contribution in [0, 0.1) is 18.3 Å². The fourth-order valence-corrected chi connectivity index (χ4v) is 5.66. The van der Waals surface area contributed by atoms with Crippen LogP contribution in [0.3, 0.4) is 0 Å². The molecule has 0 aromatic carbocycles. The van der Waals surface area contributed by atoms with Crippen LogP contribution < -0.4 is 11.2 Å². The first kappa shape index (κ1) is 24.9. The molecule has 4 rings (SSSR count). The van der Waals surface area contributed by atoms with Gasteiger partial charge in [0.2, 0.25) is 0 Å². The summed E-state index contributed by atoms with van der Waals surface area (Å²) in [4.78, 5) is 37.8. The number of hydrogen-bond acceptors (Lipinski definition) is 10. The van der Waals surface area contributed by atoms with Gasteiger partial charge >= 0.3 is 19.5 Å². The van der Waals surface area contributed by atoms with Gasteiger partial charge in [-0.25, -0.2) is 9.36 Å². The summed E-state index contributed by atoms with van der Waals surface area (Å²) in [6.45, 7) is 1.26. The molecule has 13 heteroatoms. The molecule has 2 aliphatic heterocycles. The highest BCUT2D eigenvalue weighted by Gasteiger charge is 2.62. The Kier molecular flexibility index (Phi) is 7.14. The molecule has 1 aromatic heterocycles. The molecule has 2 N–H and O–H groups in total. The summed E-state index contributed by atoms with van der Waals surface area (Å²) in [7, 11) is -4.16. The van der Waals surface area contributed by atoms with Crippen molar-refractivity contribution in [3.8, 4) is 12.3 Å². The molecule has 0 bridgehead atoms. The molecular formula is C21H27N2O10P. The number of aromatic nitrogens is 2. The second-order valence-electron chi connectivity index (χ2n) is 8.65. The Morgan fingerprint density at radius 3 is 2.85 bits per heavy atom. The Balaban J connectivity index is 1.38. The highest BCUT2D eigenvalue weighted by Crippen LogP contribution is 2.58. The number of phosphoric ester groups is 1. The van der Waals surface area contributed by atoms with E-state index in [1.807, 2.05) is 4.98 Å². The minimum atomic E-state index is -4.16. The average molecular weight is 498 g/mol. The molecule has 1 unspecified atom stereocenters. The fourth-order valence-electron chi connectivity index (χ4n) is 4.23. The molecule has 186 valence electrons. The van der Waals surface area contributed by atoms with E-state index in [1.54, 1.807) is 6.92 Å². The van der Waals surface area contributed by atoms with E-state index in [-0.39, 0.29) is 31.7 Å². The van der Waals surface area contributed by atoms with Crippen LogP contribution in [0.4, 0.5) is 0 Å². The lowest BCUT2D eigenvalue weighted by molar-refractivity contribution is -0.153. The van der Waals surface area contributed by atoms with Crippen molar-refractivity contribution in [2.75, 3.05) is 13.2 Å². The molecule has 3 fully saturated rings. The number of ether oxygens (including phenoxy) is 2. The molecule has 1 aromatic rings. The molecular weight excluding hydrogens is 471 g/mol. The van der Waals surface area contributed by atoms with Crippen LogP contribution in [0.15, 0.2) is 21.9 Å². The lowest BCUT2D eigenvalue weighted by Gasteiger charge is -2.34. The zero-order valence-corrected chi connectivity index (χ0v) is 19.5. The first-order valence-electron chi connectivity index (χ1n) is 11.1. The van der Waals surface area contributed by atoms with Gasteiger partial charge in [-0.2, -0.15) is 0 Å². The molecule has 3 aliphatic rings. The Labute approximate surface area is 195 Å². The van der Waals surface area contributed by atoms with Crippen LogP contribution in [-0.4, -0.2) is 57.8 Å². The smallest absolute Gasteiger partial charge is 0.462 e. The van der Waals surface area contributed by atoms with E-state index in [0.29, 0.717) is 0 Å². The monoisotopic (exact) mass is 498 g/mol. The molecule has 1 saturated carbocycles. The summed E-state index contributed by atoms with van der Waals surface area (Å²) in [5.74, 6) is 1.32. The van der Waals surface area contributed by atoms with Crippen molar-refractivity contribution in [3.05, 3.63) is 33.1 Å². The number of nitrogens with one attached hydrogen (secondary N) is 1. The highest BCUT2D eigenvalue weighted by atomic mass is 31.2. The van der Waals surface area contributed by atoms with Crippen molar-refractivity contribution in [3.63, 3.8) is 0 Å². The van der Waals surface area contributed by atoms with Crippen LogP contribution in [-0.2, 0) is 32.4 Å². The van der Waals surface area contributed by atoms with Gasteiger partial charge in [0.25, 0.3) is 5.56 Å². The second kappa shape index (κ2) is 9.77. The number of carbonyl (C=O) groups excluding carboxylic acids is 1. The van der Waals surface area contributed by atoms with Gasteiger partial charge in [-0.3, -0.25) is 32.7 Å². The van der Waals surface area contributed by atoms with E-state index in [1.165, 1.54) is 0 Å². The molecule has 0 radical (unpaired) electrons. The van der Waals surface area contributed by atoms with Crippen LogP contribution in [0.1, 0.15) is 45.3 Å². The largest absolute Gasteiger partial charge is 0.475 e. The number of carbonyl (C=O) groups is 1. The minimum absolute atomic E-state index is 0.0529. The number of fused-ring (bicyclic) bond motifs is 1. The van der Waals surface area contributed by atoms with Crippen LogP contribution >= 0.6 is 7.82 Å². The lowest BCUT2D eigenvalue weighted by Crippen LogP contribution is -2.50. The summed E-state index contributed by atoms with van der Waals surface area (Å²) < 4.78 is 41.1. The Bertz CT molecular complexity index is 1120. The third kappa shape index (κ3) is 4.91. The van der Waals surface area contributed by atoms with Crippen molar-refractivity contribution < 1.29 is 37.5 Å². The molecule has 0 amide bonds. The van der Waals surface area contributed by atoms with Crippen molar-refractivity contribution >= 4 is 13.8 Å². The number of aliphatic hydroxyl groups is 1. The van der Waals surface area contributed by atoms with E-state index in [4.69, 9.17) is 29.5 Å². The Morgan fingerprint density at radius 2 is 2.18 bits per heavy atom. The summed E-state index contributed by atoms with van der Waals surface area (Å²) in [5.41, 5.74) is -3.71. The number of rotatable bonds is 7. The normalized spacial score (nSPS) is 34.3. The standard InChI is InChI=1S/C21H27N2O10P/c1-3-21(27)17-15(32-19(21)23-10-8-16(24)22-20(23)26)12-30-34(28,33-17)29-11-9-13(2)18(25)31-14-6-4-5-7-14/h1,8,10,13-15,17,19,27H,4-7,9,11-12H2,2H3,(H,22,24,26)/t13-,15+,17+,19+,21+,34?/m0/s1. The van der Waals surface area contributed by atoms with Crippen molar-refractivity contribution in [2.24, 2.45) is 5.92 Å². The molecule has 0 spiro atoms. The highest BCUT2D eigenvalue weighted by molar-refractivity contribution is 7.48. The number of esters is 1. The zero-order chi connectivity index (χ0) is 24.5. The third-order valence-electron chi connectivity index (χ3n) is 6.21.